The predicted molar refractivity (Wildman–Crippen MR) is 101 cm³/mol. The second kappa shape index (κ2) is 9.98. The molecule has 26 heavy (non-hydrogen) atoms. The number of ether oxygens (including phenoxy) is 1. The van der Waals surface area contributed by atoms with Gasteiger partial charge in [0.25, 0.3) is 5.69 Å². The molecule has 2 aromatic rings. The first-order valence-electron chi connectivity index (χ1n) is 8.50. The third-order valence-corrected chi connectivity index (χ3v) is 3.68. The zero-order valence-corrected chi connectivity index (χ0v) is 14.7. The minimum atomic E-state index is -0.460. The van der Waals surface area contributed by atoms with Crippen LogP contribution in [0.3, 0.4) is 0 Å². The summed E-state index contributed by atoms with van der Waals surface area (Å²) in [6.07, 6.45) is 4.64. The molecule has 0 bridgehead atoms. The van der Waals surface area contributed by atoms with Crippen LogP contribution in [0.5, 0.6) is 5.75 Å². The zero-order valence-electron chi connectivity index (χ0n) is 14.7. The van der Waals surface area contributed by atoms with Gasteiger partial charge in [0, 0.05) is 24.8 Å². The molecule has 2 rings (SSSR count). The molecule has 0 saturated heterocycles. The summed E-state index contributed by atoms with van der Waals surface area (Å²) in [7, 11) is 0. The van der Waals surface area contributed by atoms with Gasteiger partial charge in [0.1, 0.15) is 5.75 Å². The number of amides is 1. The summed E-state index contributed by atoms with van der Waals surface area (Å²) in [6, 6.07) is 14.1. The minimum Gasteiger partial charge on any atom is -0.494 e. The van der Waals surface area contributed by atoms with E-state index >= 15 is 0 Å². The number of carbonyl (C=O) groups excluding carboxylic acids is 1. The van der Waals surface area contributed by atoms with Crippen LogP contribution < -0.4 is 10.1 Å². The van der Waals surface area contributed by atoms with E-state index in [1.807, 2.05) is 31.2 Å². The van der Waals surface area contributed by atoms with Gasteiger partial charge in [-0.15, -0.1) is 0 Å². The van der Waals surface area contributed by atoms with Crippen molar-refractivity contribution in [1.29, 1.82) is 0 Å². The van der Waals surface area contributed by atoms with Crippen molar-refractivity contribution in [3.8, 4) is 5.75 Å². The Balaban J connectivity index is 1.73. The standard InChI is InChI=1S/C20H22N2O4/c1-2-26-19-11-8-16(9-12-19)6-4-14-21-20(23)13-10-17-5-3-7-18(15-17)22(24)25/h3,5,7-13,15H,2,4,6,14H2,1H3,(H,21,23)/b13-10+. The van der Waals surface area contributed by atoms with Gasteiger partial charge in [0.2, 0.25) is 5.91 Å². The van der Waals surface area contributed by atoms with E-state index in [-0.39, 0.29) is 11.6 Å². The summed E-state index contributed by atoms with van der Waals surface area (Å²) >= 11 is 0. The fourth-order valence-electron chi connectivity index (χ4n) is 2.40. The Morgan fingerprint density at radius 3 is 2.69 bits per heavy atom. The van der Waals surface area contributed by atoms with Crippen LogP contribution in [0.2, 0.25) is 0 Å². The Kier molecular flexibility index (Phi) is 7.36. The van der Waals surface area contributed by atoms with Crippen LogP contribution in [-0.2, 0) is 11.2 Å². The number of hydrogen-bond acceptors (Lipinski definition) is 4. The molecule has 0 heterocycles. The average Bonchev–Trinajstić information content (AvgIpc) is 2.65. The smallest absolute Gasteiger partial charge is 0.270 e. The molecule has 0 unspecified atom stereocenters. The number of non-ortho nitro benzene ring substituents is 1. The van der Waals surface area contributed by atoms with Gasteiger partial charge < -0.3 is 10.1 Å². The highest BCUT2D eigenvalue weighted by Gasteiger charge is 2.04. The van der Waals surface area contributed by atoms with Crippen molar-refractivity contribution in [3.63, 3.8) is 0 Å². The zero-order chi connectivity index (χ0) is 18.8. The number of nitrogens with zero attached hydrogens (tertiary/aromatic N) is 1. The lowest BCUT2D eigenvalue weighted by molar-refractivity contribution is -0.384. The van der Waals surface area contributed by atoms with E-state index in [4.69, 9.17) is 4.74 Å². The molecule has 6 heteroatoms. The van der Waals surface area contributed by atoms with Crippen molar-refractivity contribution in [2.75, 3.05) is 13.2 Å². The predicted octanol–water partition coefficient (Wildman–Crippen LogP) is 3.76. The molecule has 0 aliphatic rings. The lowest BCUT2D eigenvalue weighted by Crippen LogP contribution is -2.22. The maximum Gasteiger partial charge on any atom is 0.270 e. The van der Waals surface area contributed by atoms with Gasteiger partial charge in [-0.05, 0) is 49.1 Å². The summed E-state index contributed by atoms with van der Waals surface area (Å²) in [5, 5.41) is 13.5. The van der Waals surface area contributed by atoms with Gasteiger partial charge in [-0.3, -0.25) is 14.9 Å². The topological polar surface area (TPSA) is 81.5 Å². The fourth-order valence-corrected chi connectivity index (χ4v) is 2.40. The minimum absolute atomic E-state index is 0.00270. The van der Waals surface area contributed by atoms with E-state index in [9.17, 15) is 14.9 Å². The highest BCUT2D eigenvalue weighted by atomic mass is 16.6. The van der Waals surface area contributed by atoms with Crippen molar-refractivity contribution in [3.05, 3.63) is 75.8 Å². The van der Waals surface area contributed by atoms with E-state index in [0.29, 0.717) is 18.7 Å². The lowest BCUT2D eigenvalue weighted by atomic mass is 10.1. The van der Waals surface area contributed by atoms with E-state index < -0.39 is 4.92 Å². The SMILES string of the molecule is CCOc1ccc(CCCNC(=O)/C=C/c2cccc([N+](=O)[O-])c2)cc1. The quantitative estimate of drug-likeness (QED) is 0.322. The Morgan fingerprint density at radius 2 is 2.00 bits per heavy atom. The summed E-state index contributed by atoms with van der Waals surface area (Å²) < 4.78 is 5.40. The van der Waals surface area contributed by atoms with Crippen molar-refractivity contribution in [2.45, 2.75) is 19.8 Å². The second-order valence-electron chi connectivity index (χ2n) is 5.66. The summed E-state index contributed by atoms with van der Waals surface area (Å²) in [5.74, 6) is 0.638. The molecular formula is C20H22N2O4. The normalized spacial score (nSPS) is 10.7. The van der Waals surface area contributed by atoms with Crippen LogP contribution in [0.4, 0.5) is 5.69 Å². The van der Waals surface area contributed by atoms with Crippen LogP contribution in [0, 0.1) is 10.1 Å². The van der Waals surface area contributed by atoms with E-state index in [1.165, 1.54) is 23.8 Å². The number of nitro groups is 1. The molecule has 0 fully saturated rings. The monoisotopic (exact) mass is 354 g/mol. The lowest BCUT2D eigenvalue weighted by Gasteiger charge is -2.05. The number of nitro benzene ring substituents is 1. The van der Waals surface area contributed by atoms with Crippen LogP contribution in [0.15, 0.2) is 54.6 Å². The first-order chi connectivity index (χ1) is 12.6. The van der Waals surface area contributed by atoms with Crippen molar-refractivity contribution < 1.29 is 14.5 Å². The first-order valence-corrected chi connectivity index (χ1v) is 8.50. The van der Waals surface area contributed by atoms with Gasteiger partial charge in [-0.1, -0.05) is 24.3 Å². The maximum absolute atomic E-state index is 11.8. The van der Waals surface area contributed by atoms with E-state index in [0.717, 1.165) is 18.6 Å². The molecule has 0 aliphatic carbocycles. The van der Waals surface area contributed by atoms with Crippen LogP contribution in [0.25, 0.3) is 6.08 Å². The summed E-state index contributed by atoms with van der Waals surface area (Å²) in [5.41, 5.74) is 1.81. The van der Waals surface area contributed by atoms with Crippen molar-refractivity contribution in [2.24, 2.45) is 0 Å². The largest absolute Gasteiger partial charge is 0.494 e. The molecule has 0 saturated carbocycles. The van der Waals surface area contributed by atoms with Crippen molar-refractivity contribution >= 4 is 17.7 Å². The number of hydrogen-bond donors (Lipinski definition) is 1. The van der Waals surface area contributed by atoms with Crippen LogP contribution in [-0.4, -0.2) is 24.0 Å². The maximum atomic E-state index is 11.8. The third kappa shape index (κ3) is 6.39. The molecule has 0 aliphatic heterocycles. The molecule has 6 nitrogen and oxygen atoms in total. The number of rotatable bonds is 9. The van der Waals surface area contributed by atoms with Crippen molar-refractivity contribution in [1.82, 2.24) is 5.32 Å². The van der Waals surface area contributed by atoms with Gasteiger partial charge in [0.05, 0.1) is 11.5 Å². The number of nitrogens with one attached hydrogen (secondary N) is 1. The molecule has 0 spiro atoms. The van der Waals surface area contributed by atoms with Gasteiger partial charge in [-0.2, -0.15) is 0 Å². The average molecular weight is 354 g/mol. The van der Waals surface area contributed by atoms with Crippen LogP contribution >= 0.6 is 0 Å². The van der Waals surface area contributed by atoms with E-state index in [2.05, 4.69) is 5.32 Å². The second-order valence-corrected chi connectivity index (χ2v) is 5.66. The number of benzene rings is 2. The fraction of sp³-hybridized carbons (Fsp3) is 0.250. The van der Waals surface area contributed by atoms with E-state index in [1.54, 1.807) is 18.2 Å². The Labute approximate surface area is 152 Å². The Bertz CT molecular complexity index is 770. The van der Waals surface area contributed by atoms with Gasteiger partial charge in [-0.25, -0.2) is 0 Å². The number of carbonyl (C=O) groups is 1. The third-order valence-electron chi connectivity index (χ3n) is 3.68. The molecule has 1 N–H and O–H groups in total. The molecular weight excluding hydrogens is 332 g/mol. The number of aryl methyl sites for hydroxylation is 1. The highest BCUT2D eigenvalue weighted by Crippen LogP contribution is 2.14. The summed E-state index contributed by atoms with van der Waals surface area (Å²) in [4.78, 5) is 22.1. The molecule has 0 aromatic heterocycles. The Morgan fingerprint density at radius 1 is 1.23 bits per heavy atom. The molecule has 0 atom stereocenters. The first kappa shape index (κ1) is 19.2. The van der Waals surface area contributed by atoms with Crippen LogP contribution in [0.1, 0.15) is 24.5 Å². The highest BCUT2D eigenvalue weighted by molar-refractivity contribution is 5.91. The van der Waals surface area contributed by atoms with Gasteiger partial charge >= 0.3 is 0 Å². The van der Waals surface area contributed by atoms with Gasteiger partial charge in [0.15, 0.2) is 0 Å². The summed E-state index contributed by atoms with van der Waals surface area (Å²) in [6.45, 7) is 3.16. The molecule has 1 amide bonds. The molecule has 136 valence electrons. The molecule has 0 radical (unpaired) electrons. The Hall–Kier alpha value is -3.15. The molecule has 2 aromatic carbocycles.